The molecule has 1 heterocycles. The molecule has 0 amide bonds. The van der Waals surface area contributed by atoms with E-state index >= 15 is 0 Å². The second-order valence-corrected chi connectivity index (χ2v) is 4.91. The number of fused-ring (bicyclic) bond motifs is 1. The van der Waals surface area contributed by atoms with Crippen molar-refractivity contribution in [3.8, 4) is 6.07 Å². The zero-order chi connectivity index (χ0) is 13.1. The van der Waals surface area contributed by atoms with Crippen LogP contribution in [0.25, 0.3) is 10.8 Å². The Morgan fingerprint density at radius 1 is 1.00 bits per heavy atom. The van der Waals surface area contributed by atoms with E-state index in [0.717, 1.165) is 29.4 Å². The molecule has 3 rings (SSSR count). The number of nitrogens with one attached hydrogen (secondary N) is 1. The number of nitriles is 1. The first-order valence-electron chi connectivity index (χ1n) is 6.83. The van der Waals surface area contributed by atoms with Gasteiger partial charge >= 0.3 is 0 Å². The maximum atomic E-state index is 9.20. The third-order valence-electron chi connectivity index (χ3n) is 3.67. The minimum atomic E-state index is 0.745. The highest BCUT2D eigenvalue weighted by molar-refractivity contribution is 5.97. The van der Waals surface area contributed by atoms with Crippen molar-refractivity contribution in [2.24, 2.45) is 0 Å². The molecule has 0 atom stereocenters. The number of rotatable bonds is 1. The van der Waals surface area contributed by atoms with Gasteiger partial charge in [0.1, 0.15) is 0 Å². The number of anilines is 1. The van der Waals surface area contributed by atoms with Crippen LogP contribution >= 0.6 is 0 Å². The smallest absolute Gasteiger partial charge is 0.0998 e. The molecular formula is C16H17N3. The second kappa shape index (κ2) is 5.29. The summed E-state index contributed by atoms with van der Waals surface area (Å²) in [4.78, 5) is 0. The Balaban J connectivity index is 2.11. The normalized spacial score (nSPS) is 16.1. The number of hydrogen-bond donors (Lipinski definition) is 1. The summed E-state index contributed by atoms with van der Waals surface area (Å²) >= 11 is 0. The highest BCUT2D eigenvalue weighted by Crippen LogP contribution is 2.29. The molecule has 1 aliphatic heterocycles. The first kappa shape index (κ1) is 12.0. The molecule has 0 saturated carbocycles. The monoisotopic (exact) mass is 251 g/mol. The Bertz CT molecular complexity index is 619. The molecule has 3 nitrogen and oxygen atoms in total. The quantitative estimate of drug-likeness (QED) is 0.846. The molecule has 1 aliphatic rings. The predicted molar refractivity (Wildman–Crippen MR) is 77.9 cm³/mol. The summed E-state index contributed by atoms with van der Waals surface area (Å²) in [6, 6.07) is 14.4. The van der Waals surface area contributed by atoms with Crippen LogP contribution in [-0.4, -0.2) is 13.1 Å². The van der Waals surface area contributed by atoms with Gasteiger partial charge in [-0.15, -0.1) is 0 Å². The van der Waals surface area contributed by atoms with Crippen LogP contribution in [0.5, 0.6) is 0 Å². The van der Waals surface area contributed by atoms with Gasteiger partial charge < -0.3 is 5.01 Å². The fourth-order valence-corrected chi connectivity index (χ4v) is 2.69. The molecule has 0 aliphatic carbocycles. The molecule has 0 bridgehead atoms. The highest BCUT2D eigenvalue weighted by Gasteiger charge is 2.13. The predicted octanol–water partition coefficient (Wildman–Crippen LogP) is 3.21. The van der Waals surface area contributed by atoms with Gasteiger partial charge in [0.2, 0.25) is 0 Å². The number of benzene rings is 2. The molecule has 0 unspecified atom stereocenters. The molecule has 2 aromatic carbocycles. The molecule has 96 valence electrons. The standard InChI is InChI=1S/C16H17N3/c17-12-13-8-9-16(15-7-3-2-6-14(13)15)19-11-5-1-4-10-18-19/h2-3,6-9,18H,1,4-5,10-11H2. The SMILES string of the molecule is N#Cc1ccc(N2CCCCCN2)c2ccccc12. The highest BCUT2D eigenvalue weighted by atomic mass is 15.5. The first-order chi connectivity index (χ1) is 9.40. The van der Waals surface area contributed by atoms with Gasteiger partial charge in [0.25, 0.3) is 0 Å². The van der Waals surface area contributed by atoms with Gasteiger partial charge in [0, 0.05) is 23.9 Å². The van der Waals surface area contributed by atoms with Crippen LogP contribution in [0.1, 0.15) is 24.8 Å². The van der Waals surface area contributed by atoms with Gasteiger partial charge in [-0.3, -0.25) is 0 Å². The van der Waals surface area contributed by atoms with Crippen LogP contribution in [-0.2, 0) is 0 Å². The number of hydrogen-bond acceptors (Lipinski definition) is 3. The lowest BCUT2D eigenvalue weighted by atomic mass is 10.0. The maximum Gasteiger partial charge on any atom is 0.0998 e. The number of nitrogens with zero attached hydrogens (tertiary/aromatic N) is 2. The summed E-state index contributed by atoms with van der Waals surface area (Å²) in [6.45, 7) is 2.05. The Kier molecular flexibility index (Phi) is 3.35. The number of hydrazine groups is 1. The summed E-state index contributed by atoms with van der Waals surface area (Å²) in [6.07, 6.45) is 3.71. The van der Waals surface area contributed by atoms with Crippen molar-refractivity contribution in [2.75, 3.05) is 18.1 Å². The topological polar surface area (TPSA) is 39.1 Å². The molecule has 0 spiro atoms. The molecule has 3 heteroatoms. The Labute approximate surface area is 113 Å². The molecule has 1 saturated heterocycles. The third-order valence-corrected chi connectivity index (χ3v) is 3.67. The molecule has 0 radical (unpaired) electrons. The van der Waals surface area contributed by atoms with E-state index in [1.807, 2.05) is 24.3 Å². The van der Waals surface area contributed by atoms with Crippen LogP contribution in [0.4, 0.5) is 5.69 Å². The van der Waals surface area contributed by atoms with Gasteiger partial charge in [0.15, 0.2) is 0 Å². The molecule has 0 aromatic heterocycles. The van der Waals surface area contributed by atoms with Crippen LogP contribution in [0.2, 0.25) is 0 Å². The van der Waals surface area contributed by atoms with E-state index in [1.165, 1.54) is 24.9 Å². The van der Waals surface area contributed by atoms with Crippen molar-refractivity contribution < 1.29 is 0 Å². The van der Waals surface area contributed by atoms with Gasteiger partial charge in [-0.1, -0.05) is 30.7 Å². The van der Waals surface area contributed by atoms with Crippen molar-refractivity contribution in [2.45, 2.75) is 19.3 Å². The average molecular weight is 251 g/mol. The lowest BCUT2D eigenvalue weighted by Gasteiger charge is -2.25. The van der Waals surface area contributed by atoms with Crippen molar-refractivity contribution in [1.82, 2.24) is 5.43 Å². The molecule has 1 fully saturated rings. The molecule has 1 N–H and O–H groups in total. The van der Waals surface area contributed by atoms with Crippen molar-refractivity contribution in [1.29, 1.82) is 5.26 Å². The summed E-state index contributed by atoms with van der Waals surface area (Å²) in [7, 11) is 0. The van der Waals surface area contributed by atoms with Crippen LogP contribution in [0.3, 0.4) is 0 Å². The van der Waals surface area contributed by atoms with E-state index in [2.05, 4.69) is 28.6 Å². The van der Waals surface area contributed by atoms with E-state index in [9.17, 15) is 5.26 Å². The van der Waals surface area contributed by atoms with Crippen molar-refractivity contribution in [3.63, 3.8) is 0 Å². The summed E-state index contributed by atoms with van der Waals surface area (Å²) in [5, 5.41) is 13.6. The maximum absolute atomic E-state index is 9.20. The Morgan fingerprint density at radius 3 is 2.68 bits per heavy atom. The summed E-state index contributed by atoms with van der Waals surface area (Å²) in [5.74, 6) is 0. The van der Waals surface area contributed by atoms with Crippen molar-refractivity contribution >= 4 is 16.5 Å². The van der Waals surface area contributed by atoms with E-state index in [-0.39, 0.29) is 0 Å². The zero-order valence-electron chi connectivity index (χ0n) is 10.9. The lowest BCUT2D eigenvalue weighted by molar-refractivity contribution is 0.663. The minimum Gasteiger partial charge on any atom is -0.308 e. The van der Waals surface area contributed by atoms with E-state index in [0.29, 0.717) is 0 Å². The van der Waals surface area contributed by atoms with Crippen LogP contribution in [0.15, 0.2) is 36.4 Å². The lowest BCUT2D eigenvalue weighted by Crippen LogP contribution is -2.37. The minimum absolute atomic E-state index is 0.745. The van der Waals surface area contributed by atoms with Crippen molar-refractivity contribution in [3.05, 3.63) is 42.0 Å². The van der Waals surface area contributed by atoms with Gasteiger partial charge in [0.05, 0.1) is 17.3 Å². The molecular weight excluding hydrogens is 234 g/mol. The van der Waals surface area contributed by atoms with E-state index < -0.39 is 0 Å². The fourth-order valence-electron chi connectivity index (χ4n) is 2.69. The molecule has 2 aromatic rings. The molecule has 19 heavy (non-hydrogen) atoms. The van der Waals surface area contributed by atoms with Gasteiger partial charge in [-0.25, -0.2) is 5.43 Å². The Morgan fingerprint density at radius 2 is 1.84 bits per heavy atom. The second-order valence-electron chi connectivity index (χ2n) is 4.91. The average Bonchev–Trinajstić information content (AvgIpc) is 2.75. The van der Waals surface area contributed by atoms with Gasteiger partial charge in [-0.05, 0) is 25.0 Å². The summed E-state index contributed by atoms with van der Waals surface area (Å²) < 4.78 is 0. The zero-order valence-corrected chi connectivity index (χ0v) is 10.9. The third kappa shape index (κ3) is 2.27. The fraction of sp³-hybridized carbons (Fsp3) is 0.312. The van der Waals surface area contributed by atoms with Crippen LogP contribution < -0.4 is 10.4 Å². The van der Waals surface area contributed by atoms with E-state index in [1.54, 1.807) is 0 Å². The largest absolute Gasteiger partial charge is 0.308 e. The summed E-state index contributed by atoms with van der Waals surface area (Å²) in [5.41, 5.74) is 5.40. The van der Waals surface area contributed by atoms with Crippen LogP contribution in [0, 0.1) is 11.3 Å². The van der Waals surface area contributed by atoms with Gasteiger partial charge in [-0.2, -0.15) is 5.26 Å². The first-order valence-corrected chi connectivity index (χ1v) is 6.83. The van der Waals surface area contributed by atoms with E-state index in [4.69, 9.17) is 0 Å². The Hall–Kier alpha value is -2.05.